The van der Waals surface area contributed by atoms with E-state index in [4.69, 9.17) is 0 Å². The predicted molar refractivity (Wildman–Crippen MR) is 83.5 cm³/mol. The third kappa shape index (κ3) is 4.84. The van der Waals surface area contributed by atoms with Gasteiger partial charge in [0.15, 0.2) is 0 Å². The summed E-state index contributed by atoms with van der Waals surface area (Å²) in [5.41, 5.74) is 1.21. The largest absolute Gasteiger partial charge is 0.463 e. The lowest BCUT2D eigenvalue weighted by Gasteiger charge is -2.26. The van der Waals surface area contributed by atoms with E-state index in [2.05, 4.69) is 16.6 Å². The first-order valence-electron chi connectivity index (χ1n) is 6.86. The van der Waals surface area contributed by atoms with Crippen LogP contribution in [-0.2, 0) is 20.7 Å². The molecule has 0 fully saturated rings. The Labute approximate surface area is 130 Å². The summed E-state index contributed by atoms with van der Waals surface area (Å²) >= 11 is 0. The summed E-state index contributed by atoms with van der Waals surface area (Å²) in [6.07, 6.45) is 0.582. The zero-order valence-electron chi connectivity index (χ0n) is 13.4. The van der Waals surface area contributed by atoms with E-state index in [-0.39, 0.29) is 11.5 Å². The molecule has 0 spiro atoms. The van der Waals surface area contributed by atoms with Gasteiger partial charge in [-0.2, -0.15) is 0 Å². The van der Waals surface area contributed by atoms with Gasteiger partial charge >= 0.3 is 5.97 Å². The van der Waals surface area contributed by atoms with Crippen LogP contribution in [-0.4, -0.2) is 30.3 Å². The van der Waals surface area contributed by atoms with Gasteiger partial charge in [-0.25, -0.2) is 4.79 Å². The van der Waals surface area contributed by atoms with Gasteiger partial charge in [0.05, 0.1) is 7.11 Å². The Kier molecular flexibility index (Phi) is 5.63. The molecule has 1 N–H and O–H groups in total. The van der Waals surface area contributed by atoms with E-state index >= 15 is 0 Å². The lowest BCUT2D eigenvalue weighted by Crippen LogP contribution is -2.45. The molecule has 118 valence electrons. The second-order valence-electron chi connectivity index (χ2n) is 5.81. The number of carbonyl (C=O) groups excluding carboxylic acids is 3. The minimum atomic E-state index is -0.887. The molecule has 5 heteroatoms. The van der Waals surface area contributed by atoms with Crippen LogP contribution in [0.1, 0.15) is 36.7 Å². The monoisotopic (exact) mass is 303 g/mol. The second kappa shape index (κ2) is 7.02. The number of ketones is 1. The van der Waals surface area contributed by atoms with Crippen LogP contribution in [0.3, 0.4) is 0 Å². The van der Waals surface area contributed by atoms with E-state index in [1.54, 1.807) is 31.2 Å². The van der Waals surface area contributed by atoms with E-state index in [1.807, 2.05) is 13.8 Å². The average molecular weight is 303 g/mol. The molecule has 1 aromatic rings. The Morgan fingerprint density at radius 1 is 1.18 bits per heavy atom. The van der Waals surface area contributed by atoms with Crippen LogP contribution in [0.4, 0.5) is 0 Å². The van der Waals surface area contributed by atoms with E-state index in [0.29, 0.717) is 12.0 Å². The molecule has 22 heavy (non-hydrogen) atoms. The summed E-state index contributed by atoms with van der Waals surface area (Å²) in [6, 6.07) is 6.66. The van der Waals surface area contributed by atoms with Gasteiger partial charge < -0.3 is 10.1 Å². The van der Waals surface area contributed by atoms with E-state index in [9.17, 15) is 14.4 Å². The molecule has 0 aliphatic heterocycles. The number of nitrogens with one attached hydrogen (secondary N) is 1. The standard InChI is InChI=1S/C17H21NO4/c1-11(2)15(20)18-17(3,4)10-12-6-8-13(9-7-12)14(19)16(21)22-5/h6-9H,1,10H2,2-5H3,(H,18,20). The van der Waals surface area contributed by atoms with Gasteiger partial charge in [0, 0.05) is 16.7 Å². The van der Waals surface area contributed by atoms with Crippen molar-refractivity contribution in [2.24, 2.45) is 0 Å². The molecule has 1 aromatic carbocycles. The van der Waals surface area contributed by atoms with Gasteiger partial charge in [-0.05, 0) is 32.8 Å². The fourth-order valence-electron chi connectivity index (χ4n) is 1.95. The molecule has 0 heterocycles. The predicted octanol–water partition coefficient (Wildman–Crippen LogP) is 2.06. The van der Waals surface area contributed by atoms with Crippen LogP contribution in [0.15, 0.2) is 36.4 Å². The summed E-state index contributed by atoms with van der Waals surface area (Å²) in [5, 5.41) is 2.89. The number of hydrogen-bond donors (Lipinski definition) is 1. The van der Waals surface area contributed by atoms with Gasteiger partial charge in [-0.1, -0.05) is 30.8 Å². The number of Topliss-reactive ketones (excluding diaryl/α,β-unsaturated/α-hetero) is 1. The molecule has 0 unspecified atom stereocenters. The minimum Gasteiger partial charge on any atom is -0.463 e. The fraction of sp³-hybridized carbons (Fsp3) is 0.353. The molecular weight excluding hydrogens is 282 g/mol. The highest BCUT2D eigenvalue weighted by atomic mass is 16.5. The third-order valence-corrected chi connectivity index (χ3v) is 3.07. The van der Waals surface area contributed by atoms with Crippen molar-refractivity contribution >= 4 is 17.7 Å². The van der Waals surface area contributed by atoms with Crippen LogP contribution in [0.2, 0.25) is 0 Å². The van der Waals surface area contributed by atoms with Crippen molar-refractivity contribution in [3.63, 3.8) is 0 Å². The summed E-state index contributed by atoms with van der Waals surface area (Å²) in [6.45, 7) is 9.07. The molecule has 0 saturated heterocycles. The minimum absolute atomic E-state index is 0.192. The van der Waals surface area contributed by atoms with Crippen molar-refractivity contribution in [2.75, 3.05) is 7.11 Å². The van der Waals surface area contributed by atoms with Gasteiger partial charge in [0.2, 0.25) is 5.91 Å². The molecule has 0 aromatic heterocycles. The number of carbonyl (C=O) groups is 3. The molecule has 0 bridgehead atoms. The maximum Gasteiger partial charge on any atom is 0.379 e. The van der Waals surface area contributed by atoms with Gasteiger partial charge in [0.1, 0.15) is 0 Å². The Morgan fingerprint density at radius 2 is 1.73 bits per heavy atom. The van der Waals surface area contributed by atoms with Crippen molar-refractivity contribution < 1.29 is 19.1 Å². The van der Waals surface area contributed by atoms with Crippen LogP contribution < -0.4 is 5.32 Å². The Bertz CT molecular complexity index is 600. The zero-order valence-corrected chi connectivity index (χ0v) is 13.4. The first-order valence-corrected chi connectivity index (χ1v) is 6.86. The number of amides is 1. The van der Waals surface area contributed by atoms with E-state index in [1.165, 1.54) is 7.11 Å². The smallest absolute Gasteiger partial charge is 0.379 e. The highest BCUT2D eigenvalue weighted by Crippen LogP contribution is 2.15. The Hall–Kier alpha value is -2.43. The van der Waals surface area contributed by atoms with Crippen LogP contribution in [0.25, 0.3) is 0 Å². The van der Waals surface area contributed by atoms with E-state index in [0.717, 1.165) is 5.56 Å². The first-order chi connectivity index (χ1) is 10.2. The Morgan fingerprint density at radius 3 is 2.18 bits per heavy atom. The van der Waals surface area contributed by atoms with Crippen molar-refractivity contribution in [3.8, 4) is 0 Å². The number of ether oxygens (including phenoxy) is 1. The SMILES string of the molecule is C=C(C)C(=O)NC(C)(C)Cc1ccc(C(=O)C(=O)OC)cc1. The molecule has 0 atom stereocenters. The quantitative estimate of drug-likeness (QED) is 0.378. The normalized spacial score (nSPS) is 10.7. The maximum atomic E-state index is 11.7. The molecule has 0 aliphatic rings. The molecule has 5 nitrogen and oxygen atoms in total. The third-order valence-electron chi connectivity index (χ3n) is 3.07. The van der Waals surface area contributed by atoms with Crippen LogP contribution >= 0.6 is 0 Å². The van der Waals surface area contributed by atoms with Crippen molar-refractivity contribution in [3.05, 3.63) is 47.5 Å². The topological polar surface area (TPSA) is 72.5 Å². The van der Waals surface area contributed by atoms with Gasteiger partial charge in [0.25, 0.3) is 5.78 Å². The van der Waals surface area contributed by atoms with E-state index < -0.39 is 17.3 Å². The summed E-state index contributed by atoms with van der Waals surface area (Å²) in [5.74, 6) is -1.76. The highest BCUT2D eigenvalue weighted by Gasteiger charge is 2.22. The maximum absolute atomic E-state index is 11.7. The highest BCUT2D eigenvalue weighted by molar-refractivity contribution is 6.40. The first kappa shape index (κ1) is 17.6. The lowest BCUT2D eigenvalue weighted by atomic mass is 9.93. The average Bonchev–Trinajstić information content (AvgIpc) is 2.45. The number of benzene rings is 1. The van der Waals surface area contributed by atoms with Crippen molar-refractivity contribution in [1.29, 1.82) is 0 Å². The fourth-order valence-corrected chi connectivity index (χ4v) is 1.95. The number of rotatable bonds is 6. The molecule has 0 radical (unpaired) electrons. The molecule has 1 rings (SSSR count). The van der Waals surface area contributed by atoms with Crippen molar-refractivity contribution in [2.45, 2.75) is 32.7 Å². The number of methoxy groups -OCH3 is 1. The summed E-state index contributed by atoms with van der Waals surface area (Å²) in [7, 11) is 1.17. The number of hydrogen-bond acceptors (Lipinski definition) is 4. The second-order valence-corrected chi connectivity index (χ2v) is 5.81. The van der Waals surface area contributed by atoms with Crippen LogP contribution in [0, 0.1) is 0 Å². The Balaban J connectivity index is 2.79. The molecule has 0 saturated carbocycles. The van der Waals surface area contributed by atoms with Gasteiger partial charge in [-0.3, -0.25) is 9.59 Å². The number of esters is 1. The molecule has 1 amide bonds. The molecule has 0 aliphatic carbocycles. The summed E-state index contributed by atoms with van der Waals surface area (Å²) < 4.78 is 4.40. The van der Waals surface area contributed by atoms with Crippen molar-refractivity contribution in [1.82, 2.24) is 5.32 Å². The zero-order chi connectivity index (χ0) is 16.9. The van der Waals surface area contributed by atoms with Crippen LogP contribution in [0.5, 0.6) is 0 Å². The summed E-state index contributed by atoms with van der Waals surface area (Å²) in [4.78, 5) is 34.5. The van der Waals surface area contributed by atoms with Gasteiger partial charge in [-0.15, -0.1) is 0 Å². The lowest BCUT2D eigenvalue weighted by molar-refractivity contribution is -0.135. The molecular formula is C17H21NO4.